The lowest BCUT2D eigenvalue weighted by Crippen LogP contribution is -2.41. The molecule has 1 fully saturated rings. The van der Waals surface area contributed by atoms with Gasteiger partial charge >= 0.3 is 13.1 Å². The molecular formula is C17H22BFO4. The Hall–Kier alpha value is -1.66. The molecule has 1 aromatic carbocycles. The first kappa shape index (κ1) is 17.7. The summed E-state index contributed by atoms with van der Waals surface area (Å²) < 4.78 is 30.7. The van der Waals surface area contributed by atoms with Gasteiger partial charge in [-0.3, -0.25) is 0 Å². The van der Waals surface area contributed by atoms with Gasteiger partial charge in [0.25, 0.3) is 0 Å². The molecular weight excluding hydrogens is 298 g/mol. The SMILES string of the molecule is CCOC(=O)/C=C/c1ccc(F)c(B2OC(C)(C)C(C)(C)O2)c1. The van der Waals surface area contributed by atoms with Crippen LogP contribution in [0.1, 0.15) is 40.2 Å². The Morgan fingerprint density at radius 2 is 1.87 bits per heavy atom. The molecule has 4 nitrogen and oxygen atoms in total. The maximum Gasteiger partial charge on any atom is 0.497 e. The van der Waals surface area contributed by atoms with Crippen molar-refractivity contribution in [1.29, 1.82) is 0 Å². The fourth-order valence-corrected chi connectivity index (χ4v) is 2.17. The maximum atomic E-state index is 14.2. The van der Waals surface area contributed by atoms with Crippen molar-refractivity contribution >= 4 is 24.6 Å². The molecule has 0 aromatic heterocycles. The second-order valence-electron chi connectivity index (χ2n) is 6.45. The molecule has 6 heteroatoms. The first-order chi connectivity index (χ1) is 10.7. The zero-order valence-corrected chi connectivity index (χ0v) is 14.2. The van der Waals surface area contributed by atoms with Crippen LogP contribution in [0.25, 0.3) is 6.08 Å². The van der Waals surface area contributed by atoms with Crippen molar-refractivity contribution in [2.45, 2.75) is 45.8 Å². The predicted octanol–water partition coefficient (Wildman–Crippen LogP) is 2.70. The number of carbonyl (C=O) groups excluding carboxylic acids is 1. The fourth-order valence-electron chi connectivity index (χ4n) is 2.17. The Balaban J connectivity index is 2.24. The molecule has 0 spiro atoms. The predicted molar refractivity (Wildman–Crippen MR) is 87.8 cm³/mol. The Morgan fingerprint density at radius 3 is 2.43 bits per heavy atom. The zero-order chi connectivity index (χ0) is 17.3. The number of halogens is 1. The number of rotatable bonds is 4. The van der Waals surface area contributed by atoms with Gasteiger partial charge in [-0.25, -0.2) is 9.18 Å². The van der Waals surface area contributed by atoms with E-state index in [1.807, 2.05) is 27.7 Å². The van der Waals surface area contributed by atoms with Gasteiger partial charge in [-0.2, -0.15) is 0 Å². The van der Waals surface area contributed by atoms with Crippen molar-refractivity contribution < 1.29 is 23.2 Å². The highest BCUT2D eigenvalue weighted by Crippen LogP contribution is 2.36. The van der Waals surface area contributed by atoms with E-state index in [4.69, 9.17) is 14.0 Å². The van der Waals surface area contributed by atoms with E-state index in [9.17, 15) is 9.18 Å². The summed E-state index contributed by atoms with van der Waals surface area (Å²) in [5.41, 5.74) is -0.0966. The smallest absolute Gasteiger partial charge is 0.463 e. The van der Waals surface area contributed by atoms with Gasteiger partial charge in [0.1, 0.15) is 5.82 Å². The van der Waals surface area contributed by atoms with Crippen LogP contribution in [0.2, 0.25) is 0 Å². The third-order valence-corrected chi connectivity index (χ3v) is 4.23. The summed E-state index contributed by atoms with van der Waals surface area (Å²) in [7, 11) is -0.782. The fraction of sp³-hybridized carbons (Fsp3) is 0.471. The van der Waals surface area contributed by atoms with Gasteiger partial charge in [-0.1, -0.05) is 12.1 Å². The van der Waals surface area contributed by atoms with Crippen LogP contribution in [-0.2, 0) is 18.8 Å². The highest BCUT2D eigenvalue weighted by molar-refractivity contribution is 6.62. The lowest BCUT2D eigenvalue weighted by atomic mass is 9.78. The highest BCUT2D eigenvalue weighted by atomic mass is 19.1. The van der Waals surface area contributed by atoms with E-state index in [-0.39, 0.29) is 0 Å². The van der Waals surface area contributed by atoms with E-state index in [1.54, 1.807) is 25.1 Å². The number of carbonyl (C=O) groups is 1. The number of ether oxygens (including phenoxy) is 1. The molecule has 0 amide bonds. The molecule has 0 unspecified atom stereocenters. The highest BCUT2D eigenvalue weighted by Gasteiger charge is 2.52. The molecule has 1 aliphatic rings. The van der Waals surface area contributed by atoms with E-state index in [2.05, 4.69) is 0 Å². The van der Waals surface area contributed by atoms with Crippen molar-refractivity contribution in [3.63, 3.8) is 0 Å². The molecule has 2 rings (SSSR count). The van der Waals surface area contributed by atoms with E-state index >= 15 is 0 Å². The van der Waals surface area contributed by atoms with Crippen LogP contribution >= 0.6 is 0 Å². The molecule has 23 heavy (non-hydrogen) atoms. The monoisotopic (exact) mass is 320 g/mol. The van der Waals surface area contributed by atoms with E-state index in [0.717, 1.165) is 0 Å². The summed E-state index contributed by atoms with van der Waals surface area (Å²) >= 11 is 0. The molecule has 1 heterocycles. The topological polar surface area (TPSA) is 44.8 Å². The number of hydrogen-bond donors (Lipinski definition) is 0. The van der Waals surface area contributed by atoms with Crippen LogP contribution in [-0.4, -0.2) is 30.9 Å². The zero-order valence-electron chi connectivity index (χ0n) is 14.2. The molecule has 1 aromatic rings. The van der Waals surface area contributed by atoms with Crippen molar-refractivity contribution in [1.82, 2.24) is 0 Å². The van der Waals surface area contributed by atoms with Gasteiger partial charge in [0.2, 0.25) is 0 Å². The molecule has 0 aliphatic carbocycles. The summed E-state index contributed by atoms with van der Waals surface area (Å²) in [4.78, 5) is 11.4. The summed E-state index contributed by atoms with van der Waals surface area (Å²) in [6, 6.07) is 4.54. The third kappa shape index (κ3) is 3.82. The first-order valence-corrected chi connectivity index (χ1v) is 7.66. The average molecular weight is 320 g/mol. The van der Waals surface area contributed by atoms with Gasteiger partial charge < -0.3 is 14.0 Å². The van der Waals surface area contributed by atoms with E-state index in [1.165, 1.54) is 12.1 Å². The van der Waals surface area contributed by atoms with Gasteiger partial charge in [-0.05, 0) is 52.3 Å². The van der Waals surface area contributed by atoms with E-state index < -0.39 is 30.1 Å². The second kappa shape index (κ2) is 6.45. The molecule has 1 aliphatic heterocycles. The third-order valence-electron chi connectivity index (χ3n) is 4.23. The van der Waals surface area contributed by atoms with Crippen molar-refractivity contribution in [3.8, 4) is 0 Å². The Labute approximate surface area is 136 Å². The van der Waals surface area contributed by atoms with Crippen molar-refractivity contribution in [2.24, 2.45) is 0 Å². The minimum atomic E-state index is -0.782. The molecule has 0 radical (unpaired) electrons. The summed E-state index contributed by atoms with van der Waals surface area (Å²) in [6.45, 7) is 9.70. The average Bonchev–Trinajstić information content (AvgIpc) is 2.66. The van der Waals surface area contributed by atoms with Gasteiger partial charge in [0.15, 0.2) is 0 Å². The second-order valence-corrected chi connectivity index (χ2v) is 6.45. The van der Waals surface area contributed by atoms with Crippen molar-refractivity contribution in [2.75, 3.05) is 6.61 Å². The largest absolute Gasteiger partial charge is 0.497 e. The maximum absolute atomic E-state index is 14.2. The van der Waals surface area contributed by atoms with Crippen LogP contribution in [0, 0.1) is 5.82 Å². The van der Waals surface area contributed by atoms with Crippen LogP contribution in [0.15, 0.2) is 24.3 Å². The van der Waals surface area contributed by atoms with Crippen LogP contribution in [0.4, 0.5) is 4.39 Å². The minimum absolute atomic E-state index is 0.311. The molecule has 0 saturated carbocycles. The molecule has 1 saturated heterocycles. The van der Waals surface area contributed by atoms with Crippen LogP contribution < -0.4 is 5.46 Å². The Morgan fingerprint density at radius 1 is 1.26 bits per heavy atom. The lowest BCUT2D eigenvalue weighted by Gasteiger charge is -2.32. The summed E-state index contributed by atoms with van der Waals surface area (Å²) in [6.07, 6.45) is 2.89. The lowest BCUT2D eigenvalue weighted by molar-refractivity contribution is -0.137. The minimum Gasteiger partial charge on any atom is -0.463 e. The number of benzene rings is 1. The molecule has 0 bridgehead atoms. The van der Waals surface area contributed by atoms with Crippen molar-refractivity contribution in [3.05, 3.63) is 35.7 Å². The van der Waals surface area contributed by atoms with Gasteiger partial charge in [0, 0.05) is 11.5 Å². The Bertz CT molecular complexity index is 609. The molecule has 124 valence electrons. The van der Waals surface area contributed by atoms with Gasteiger partial charge in [0.05, 0.1) is 17.8 Å². The van der Waals surface area contributed by atoms with Gasteiger partial charge in [-0.15, -0.1) is 0 Å². The summed E-state index contributed by atoms with van der Waals surface area (Å²) in [5, 5.41) is 0. The van der Waals surface area contributed by atoms with Crippen LogP contribution in [0.5, 0.6) is 0 Å². The normalized spacial score (nSPS) is 19.3. The molecule has 0 N–H and O–H groups in total. The first-order valence-electron chi connectivity index (χ1n) is 7.66. The van der Waals surface area contributed by atoms with Crippen LogP contribution in [0.3, 0.4) is 0 Å². The summed E-state index contributed by atoms with van der Waals surface area (Å²) in [5.74, 6) is -0.842. The number of esters is 1. The quantitative estimate of drug-likeness (QED) is 0.486. The standard InChI is InChI=1S/C17H22BFO4/c1-6-21-15(20)10-8-12-7-9-14(19)13(11-12)18-22-16(2,3)17(4,5)23-18/h7-11H,6H2,1-5H3/b10-8+. The number of hydrogen-bond acceptors (Lipinski definition) is 4. The molecule has 0 atom stereocenters. The Kier molecular flexibility index (Phi) is 4.97. The van der Waals surface area contributed by atoms with E-state index in [0.29, 0.717) is 17.6 Å².